The van der Waals surface area contributed by atoms with E-state index in [9.17, 15) is 0 Å². The molecule has 5 heavy (non-hydrogen) atoms. The van der Waals surface area contributed by atoms with Gasteiger partial charge in [0, 0.05) is 26.2 Å². The first-order valence-corrected chi connectivity index (χ1v) is 5.20. The molecule has 0 aromatic carbocycles. The molecule has 0 radical (unpaired) electrons. The molecule has 0 fully saturated rings. The van der Waals surface area contributed by atoms with Crippen LogP contribution < -0.4 is 0 Å². The van der Waals surface area contributed by atoms with Crippen LogP contribution in [0.25, 0.3) is 0 Å². The van der Waals surface area contributed by atoms with E-state index < -0.39 is 0 Å². The zero-order chi connectivity index (χ0) is 3.58. The molecule has 0 saturated heterocycles. The summed E-state index contributed by atoms with van der Waals surface area (Å²) in [5, 5.41) is 0. The molecule has 0 nitrogen and oxygen atoms in total. The molecule has 0 N–H and O–H groups in total. The topological polar surface area (TPSA) is 0 Å². The van der Waals surface area contributed by atoms with Gasteiger partial charge in [0.15, 0.2) is 0 Å². The second-order valence-electron chi connectivity index (χ2n) is 1.73. The molecule has 0 aliphatic carbocycles. The Balaban J connectivity index is 0. The maximum Gasteiger partial charge on any atom is 0.0274 e. The Morgan fingerprint density at radius 2 is 1.00 bits per heavy atom. The van der Waals surface area contributed by atoms with Crippen LogP contribution in [0.4, 0.5) is 0 Å². The van der Waals surface area contributed by atoms with E-state index in [2.05, 4.69) is 19.6 Å². The standard InChI is InChI=1S/C3H10Si.Cr/c1-4(2)3;/h4H,1-3H3;. The molecule has 0 unspecified atom stereocenters. The Labute approximate surface area is 46.3 Å². The van der Waals surface area contributed by atoms with Crippen molar-refractivity contribution in [2.45, 2.75) is 19.6 Å². The van der Waals surface area contributed by atoms with Gasteiger partial charge in [-0.15, -0.1) is 0 Å². The summed E-state index contributed by atoms with van der Waals surface area (Å²) in [6.45, 7) is 6.92. The fourth-order valence-electron chi connectivity index (χ4n) is 0. The first kappa shape index (κ1) is 9.23. The van der Waals surface area contributed by atoms with Gasteiger partial charge in [-0.1, -0.05) is 19.6 Å². The van der Waals surface area contributed by atoms with Crippen LogP contribution in [0.15, 0.2) is 0 Å². The summed E-state index contributed by atoms with van der Waals surface area (Å²) in [5.41, 5.74) is 0. The average molecular weight is 126 g/mol. The van der Waals surface area contributed by atoms with Gasteiger partial charge in [0.2, 0.25) is 0 Å². The maximum atomic E-state index is 2.31. The van der Waals surface area contributed by atoms with E-state index in [1.165, 1.54) is 0 Å². The Morgan fingerprint density at radius 3 is 1.00 bits per heavy atom. The Hall–Kier alpha value is 0.749. The molecule has 0 aliphatic heterocycles. The van der Waals surface area contributed by atoms with Crippen molar-refractivity contribution < 1.29 is 17.4 Å². The number of hydrogen-bond acceptors (Lipinski definition) is 0. The van der Waals surface area contributed by atoms with E-state index in [0.717, 1.165) is 0 Å². The molecule has 0 rings (SSSR count). The molecule has 0 heterocycles. The minimum absolute atomic E-state index is 0. The first-order valence-electron chi connectivity index (χ1n) is 1.73. The third-order valence-corrected chi connectivity index (χ3v) is 0. The molecule has 2 heteroatoms. The van der Waals surface area contributed by atoms with Crippen molar-refractivity contribution in [1.82, 2.24) is 0 Å². The molecular weight excluding hydrogens is 116 g/mol. The fourth-order valence-corrected chi connectivity index (χ4v) is 0. The fraction of sp³-hybridized carbons (Fsp3) is 1.00. The van der Waals surface area contributed by atoms with Crippen molar-refractivity contribution in [2.24, 2.45) is 0 Å². The van der Waals surface area contributed by atoms with Crippen molar-refractivity contribution in [3.05, 3.63) is 0 Å². The summed E-state index contributed by atoms with van der Waals surface area (Å²) in [7, 11) is -0.139. The maximum absolute atomic E-state index is 2.31. The Kier molecular flexibility index (Phi) is 8.76. The van der Waals surface area contributed by atoms with Crippen LogP contribution in [0, 0.1) is 0 Å². The first-order chi connectivity index (χ1) is 1.73. The summed E-state index contributed by atoms with van der Waals surface area (Å²) in [6, 6.07) is 0. The van der Waals surface area contributed by atoms with Gasteiger partial charge in [0.1, 0.15) is 0 Å². The third kappa shape index (κ3) is 63.9. The van der Waals surface area contributed by atoms with Crippen LogP contribution in [0.3, 0.4) is 0 Å². The molecule has 0 amide bonds. The zero-order valence-corrected chi connectivity index (χ0v) is 6.42. The Bertz CT molecular complexity index is 11.6. The minimum Gasteiger partial charge on any atom is -0.0724 e. The number of rotatable bonds is 0. The second kappa shape index (κ2) is 4.75. The second-order valence-corrected chi connectivity index (χ2v) is 5.20. The van der Waals surface area contributed by atoms with E-state index >= 15 is 0 Å². The predicted molar refractivity (Wildman–Crippen MR) is 24.7 cm³/mol. The van der Waals surface area contributed by atoms with Crippen molar-refractivity contribution in [2.75, 3.05) is 0 Å². The van der Waals surface area contributed by atoms with Crippen LogP contribution >= 0.6 is 0 Å². The van der Waals surface area contributed by atoms with Crippen LogP contribution in [0.2, 0.25) is 19.6 Å². The van der Waals surface area contributed by atoms with Gasteiger partial charge in [-0.2, -0.15) is 0 Å². The van der Waals surface area contributed by atoms with Gasteiger partial charge in [0.05, 0.1) is 0 Å². The van der Waals surface area contributed by atoms with Crippen molar-refractivity contribution in [3.63, 3.8) is 0 Å². The van der Waals surface area contributed by atoms with Gasteiger partial charge >= 0.3 is 0 Å². The molecule has 0 atom stereocenters. The SMILES string of the molecule is C[SiH](C)C.[Cr]. The quantitative estimate of drug-likeness (QED) is 0.426. The van der Waals surface area contributed by atoms with Crippen molar-refractivity contribution in [3.8, 4) is 0 Å². The minimum atomic E-state index is -0.139. The van der Waals surface area contributed by atoms with Gasteiger partial charge in [-0.3, -0.25) is 0 Å². The molecule has 0 aliphatic rings. The van der Waals surface area contributed by atoms with Crippen LogP contribution in [0.1, 0.15) is 0 Å². The molecule has 0 saturated carbocycles. The van der Waals surface area contributed by atoms with E-state index in [0.29, 0.717) is 0 Å². The van der Waals surface area contributed by atoms with Crippen LogP contribution in [-0.2, 0) is 17.4 Å². The number of hydrogen-bond donors (Lipinski definition) is 0. The average Bonchev–Trinajstić information content (AvgIpc) is 0.811. The molecule has 0 aromatic heterocycles. The Morgan fingerprint density at radius 1 is 1.00 bits per heavy atom. The zero-order valence-electron chi connectivity index (χ0n) is 3.99. The van der Waals surface area contributed by atoms with E-state index in [1.54, 1.807) is 0 Å². The summed E-state index contributed by atoms with van der Waals surface area (Å²) >= 11 is 0. The summed E-state index contributed by atoms with van der Waals surface area (Å²) < 4.78 is 0. The summed E-state index contributed by atoms with van der Waals surface area (Å²) in [4.78, 5) is 0. The van der Waals surface area contributed by atoms with E-state index in [-0.39, 0.29) is 26.2 Å². The van der Waals surface area contributed by atoms with Gasteiger partial charge in [-0.25, -0.2) is 0 Å². The molecule has 0 spiro atoms. The largest absolute Gasteiger partial charge is 0.0724 e. The smallest absolute Gasteiger partial charge is 0.0274 e. The van der Waals surface area contributed by atoms with Gasteiger partial charge in [0.25, 0.3) is 0 Å². The molecular formula is C3H10CrSi. The van der Waals surface area contributed by atoms with Crippen molar-refractivity contribution in [1.29, 1.82) is 0 Å². The monoisotopic (exact) mass is 126 g/mol. The molecule has 32 valence electrons. The summed E-state index contributed by atoms with van der Waals surface area (Å²) in [6.07, 6.45) is 0. The molecule has 0 aromatic rings. The van der Waals surface area contributed by atoms with Crippen LogP contribution in [-0.4, -0.2) is 8.80 Å². The van der Waals surface area contributed by atoms with E-state index in [1.807, 2.05) is 0 Å². The van der Waals surface area contributed by atoms with Crippen molar-refractivity contribution >= 4 is 8.80 Å². The van der Waals surface area contributed by atoms with E-state index in [4.69, 9.17) is 0 Å². The van der Waals surface area contributed by atoms with Gasteiger partial charge < -0.3 is 0 Å². The normalized spacial score (nSPS) is 7.20. The predicted octanol–water partition coefficient (Wildman–Crippen LogP) is 1.10. The third-order valence-electron chi connectivity index (χ3n) is 0. The summed E-state index contributed by atoms with van der Waals surface area (Å²) in [5.74, 6) is 0. The van der Waals surface area contributed by atoms with Gasteiger partial charge in [-0.05, 0) is 0 Å². The van der Waals surface area contributed by atoms with Crippen LogP contribution in [0.5, 0.6) is 0 Å². The molecule has 0 bridgehead atoms.